The van der Waals surface area contributed by atoms with Gasteiger partial charge < -0.3 is 9.47 Å². The molecule has 1 rings (SSSR count). The summed E-state index contributed by atoms with van der Waals surface area (Å²) in [5, 5.41) is 0. The van der Waals surface area contributed by atoms with Gasteiger partial charge in [-0.25, -0.2) is 0 Å². The Bertz CT molecular complexity index is 536. The van der Waals surface area contributed by atoms with Gasteiger partial charge in [-0.1, -0.05) is 64.7 Å². The van der Waals surface area contributed by atoms with Crippen molar-refractivity contribution < 1.29 is 14.3 Å². The molecule has 0 amide bonds. The minimum absolute atomic E-state index is 0.107. The van der Waals surface area contributed by atoms with Gasteiger partial charge in [-0.3, -0.25) is 9.69 Å². The van der Waals surface area contributed by atoms with E-state index in [0.717, 1.165) is 25.4 Å². The number of halogens is 1. The second kappa shape index (κ2) is 18.9. The normalized spacial score (nSPS) is 11.1. The van der Waals surface area contributed by atoms with Gasteiger partial charge in [-0.2, -0.15) is 0 Å². The van der Waals surface area contributed by atoms with E-state index in [4.69, 9.17) is 9.47 Å². The minimum Gasteiger partial charge on any atom is -0.492 e. The van der Waals surface area contributed by atoms with Crippen LogP contribution in [0.2, 0.25) is 0 Å². The Morgan fingerprint density at radius 2 is 1.43 bits per heavy atom. The number of hydrogen-bond acceptors (Lipinski definition) is 4. The first-order chi connectivity index (χ1) is 14.7. The summed E-state index contributed by atoms with van der Waals surface area (Å²) in [7, 11) is 0. The van der Waals surface area contributed by atoms with Crippen molar-refractivity contribution in [1.29, 1.82) is 0 Å². The molecule has 30 heavy (non-hydrogen) atoms. The molecule has 1 aromatic carbocycles. The van der Waals surface area contributed by atoms with Crippen LogP contribution in [0.25, 0.3) is 0 Å². The number of ether oxygens (including phenoxy) is 2. The summed E-state index contributed by atoms with van der Waals surface area (Å²) in [6, 6.07) is 8.12. The second-order valence-corrected chi connectivity index (χ2v) is 9.13. The zero-order chi connectivity index (χ0) is 21.9. The lowest BCUT2D eigenvalue weighted by molar-refractivity contribution is -0.143. The van der Waals surface area contributed by atoms with Crippen molar-refractivity contribution in [2.75, 3.05) is 32.8 Å². The average molecular weight is 532 g/mol. The van der Waals surface area contributed by atoms with Crippen LogP contribution in [-0.2, 0) is 9.53 Å². The van der Waals surface area contributed by atoms with E-state index in [0.29, 0.717) is 19.6 Å². The fourth-order valence-electron chi connectivity index (χ4n) is 3.46. The number of unbranched alkanes of at least 4 members (excludes halogenated alkanes) is 9. The van der Waals surface area contributed by atoms with E-state index in [2.05, 4.69) is 46.5 Å². The highest BCUT2D eigenvalue weighted by Crippen LogP contribution is 2.14. The number of hydrogen-bond donors (Lipinski definition) is 0. The molecule has 0 radical (unpaired) electrons. The van der Waals surface area contributed by atoms with Gasteiger partial charge in [0.25, 0.3) is 0 Å². The van der Waals surface area contributed by atoms with Crippen LogP contribution in [0.15, 0.2) is 24.3 Å². The molecule has 0 unspecified atom stereocenters. The third-order valence-electron chi connectivity index (χ3n) is 5.26. The van der Waals surface area contributed by atoms with Gasteiger partial charge in [0.05, 0.1) is 13.0 Å². The highest BCUT2D eigenvalue weighted by molar-refractivity contribution is 14.1. The largest absolute Gasteiger partial charge is 0.492 e. The summed E-state index contributed by atoms with van der Waals surface area (Å²) in [5.41, 5.74) is 0. The Morgan fingerprint density at radius 1 is 0.833 bits per heavy atom. The van der Waals surface area contributed by atoms with Crippen molar-refractivity contribution in [3.63, 3.8) is 0 Å². The molecule has 0 spiro atoms. The number of benzene rings is 1. The molecule has 0 aliphatic heterocycles. The summed E-state index contributed by atoms with van der Waals surface area (Å²) >= 11 is 2.29. The van der Waals surface area contributed by atoms with E-state index < -0.39 is 0 Å². The van der Waals surface area contributed by atoms with E-state index >= 15 is 0 Å². The molecule has 0 bridgehead atoms. The molecule has 0 aliphatic carbocycles. The lowest BCUT2D eigenvalue weighted by atomic mass is 10.1. The molecule has 0 aliphatic rings. The number of nitrogens with zero attached hydrogens (tertiary/aromatic N) is 1. The summed E-state index contributed by atoms with van der Waals surface area (Å²) in [5.74, 6) is 0.795. The van der Waals surface area contributed by atoms with Crippen molar-refractivity contribution in [3.05, 3.63) is 27.8 Å². The van der Waals surface area contributed by atoms with Crippen molar-refractivity contribution in [3.8, 4) is 5.75 Å². The maximum absolute atomic E-state index is 11.7. The van der Waals surface area contributed by atoms with Gasteiger partial charge in [0.1, 0.15) is 12.4 Å². The third kappa shape index (κ3) is 15.1. The SMILES string of the molecule is CCCCCCCCCCCCN(CCOc1ccc(I)cc1)CCC(=O)OCC. The van der Waals surface area contributed by atoms with Crippen molar-refractivity contribution >= 4 is 28.6 Å². The molecule has 1 aromatic rings. The molecule has 0 heterocycles. The molecular formula is C25H42INO3. The van der Waals surface area contributed by atoms with E-state index in [9.17, 15) is 4.79 Å². The summed E-state index contributed by atoms with van der Waals surface area (Å²) in [6.07, 6.45) is 13.8. The fourth-order valence-corrected chi connectivity index (χ4v) is 3.82. The third-order valence-corrected chi connectivity index (χ3v) is 5.97. The van der Waals surface area contributed by atoms with Crippen LogP contribution in [0, 0.1) is 3.57 Å². The standard InChI is InChI=1S/C25H42INO3/c1-3-5-6-7-8-9-10-11-12-13-19-27(20-18-25(28)29-4-2)21-22-30-24-16-14-23(26)15-17-24/h14-17H,3-13,18-22H2,1-2H3. The first-order valence-electron chi connectivity index (χ1n) is 11.9. The predicted octanol–water partition coefficient (Wildman–Crippen LogP) is 6.85. The van der Waals surface area contributed by atoms with Gasteiger partial charge in [0, 0.05) is 16.7 Å². The fraction of sp³-hybridized carbons (Fsp3) is 0.720. The Balaban J connectivity index is 2.22. The first-order valence-corrected chi connectivity index (χ1v) is 13.0. The number of rotatable bonds is 19. The van der Waals surface area contributed by atoms with E-state index in [1.165, 1.54) is 67.8 Å². The zero-order valence-electron chi connectivity index (χ0n) is 19.2. The quantitative estimate of drug-likeness (QED) is 0.111. The van der Waals surface area contributed by atoms with Crippen LogP contribution in [0.3, 0.4) is 0 Å². The lowest BCUT2D eigenvalue weighted by Crippen LogP contribution is -2.32. The zero-order valence-corrected chi connectivity index (χ0v) is 21.3. The lowest BCUT2D eigenvalue weighted by Gasteiger charge is -2.22. The van der Waals surface area contributed by atoms with Gasteiger partial charge >= 0.3 is 5.97 Å². The van der Waals surface area contributed by atoms with Crippen molar-refractivity contribution in [2.45, 2.75) is 84.5 Å². The predicted molar refractivity (Wildman–Crippen MR) is 134 cm³/mol. The molecule has 0 N–H and O–H groups in total. The molecule has 172 valence electrons. The molecule has 4 nitrogen and oxygen atoms in total. The maximum atomic E-state index is 11.7. The van der Waals surface area contributed by atoms with Gasteiger partial charge in [0.15, 0.2) is 0 Å². The highest BCUT2D eigenvalue weighted by Gasteiger charge is 2.09. The van der Waals surface area contributed by atoms with Crippen LogP contribution >= 0.6 is 22.6 Å². The molecule has 0 atom stereocenters. The van der Waals surface area contributed by atoms with Gasteiger partial charge in [0.2, 0.25) is 0 Å². The van der Waals surface area contributed by atoms with E-state index in [1.807, 2.05) is 19.1 Å². The minimum atomic E-state index is -0.107. The molecule has 5 heteroatoms. The molecule has 0 aromatic heterocycles. The Hall–Kier alpha value is -0.820. The highest BCUT2D eigenvalue weighted by atomic mass is 127. The Labute approximate surface area is 198 Å². The molecule has 0 saturated heterocycles. The number of carbonyl (C=O) groups is 1. The van der Waals surface area contributed by atoms with Crippen molar-refractivity contribution in [1.82, 2.24) is 4.90 Å². The topological polar surface area (TPSA) is 38.8 Å². The molecule has 0 fully saturated rings. The summed E-state index contributed by atoms with van der Waals surface area (Å²) < 4.78 is 12.2. The number of esters is 1. The van der Waals surface area contributed by atoms with Crippen LogP contribution in [0.1, 0.15) is 84.5 Å². The summed E-state index contributed by atoms with van der Waals surface area (Å²) in [6.45, 7) is 7.81. The number of carbonyl (C=O) groups excluding carboxylic acids is 1. The van der Waals surface area contributed by atoms with Gasteiger partial charge in [-0.15, -0.1) is 0 Å². The second-order valence-electron chi connectivity index (χ2n) is 7.88. The maximum Gasteiger partial charge on any atom is 0.307 e. The van der Waals surface area contributed by atoms with Gasteiger partial charge in [-0.05, 0) is 66.7 Å². The van der Waals surface area contributed by atoms with E-state index in [1.54, 1.807) is 0 Å². The smallest absolute Gasteiger partial charge is 0.307 e. The Kier molecular flexibility index (Phi) is 17.2. The molecule has 0 saturated carbocycles. The van der Waals surface area contributed by atoms with E-state index in [-0.39, 0.29) is 5.97 Å². The monoisotopic (exact) mass is 531 g/mol. The van der Waals surface area contributed by atoms with Crippen LogP contribution in [0.4, 0.5) is 0 Å². The first kappa shape index (κ1) is 27.2. The van der Waals surface area contributed by atoms with Crippen molar-refractivity contribution in [2.24, 2.45) is 0 Å². The summed E-state index contributed by atoms with van der Waals surface area (Å²) in [4.78, 5) is 14.1. The van der Waals surface area contributed by atoms with Crippen LogP contribution in [-0.4, -0.2) is 43.7 Å². The van der Waals surface area contributed by atoms with Crippen LogP contribution in [0.5, 0.6) is 5.75 Å². The Morgan fingerprint density at radius 3 is 2.03 bits per heavy atom. The van der Waals surface area contributed by atoms with Crippen LogP contribution < -0.4 is 4.74 Å². The molecular weight excluding hydrogens is 489 g/mol. The average Bonchev–Trinajstić information content (AvgIpc) is 2.74.